The van der Waals surface area contributed by atoms with Crippen LogP contribution in [0.4, 0.5) is 5.69 Å². The molecule has 0 saturated carbocycles. The first-order valence-electron chi connectivity index (χ1n) is 5.56. The van der Waals surface area contributed by atoms with E-state index in [1.54, 1.807) is 30.3 Å². The van der Waals surface area contributed by atoms with E-state index in [-0.39, 0.29) is 16.5 Å². The molecule has 3 rings (SSSR count). The molecule has 1 N–H and O–H groups in total. The second-order valence-corrected chi connectivity index (χ2v) is 4.51. The third-order valence-corrected chi connectivity index (χ3v) is 3.31. The molecule has 2 aromatic carbocycles. The molecule has 0 unspecified atom stereocenters. The van der Waals surface area contributed by atoms with E-state index in [0.29, 0.717) is 11.1 Å². The molecular formula is C14H8ClNO3. The van der Waals surface area contributed by atoms with E-state index in [1.165, 1.54) is 12.1 Å². The number of hydrogen-bond acceptors (Lipinski definition) is 3. The van der Waals surface area contributed by atoms with Crippen LogP contribution in [-0.2, 0) is 0 Å². The molecule has 0 radical (unpaired) electrons. The molecule has 0 aromatic heterocycles. The smallest absolute Gasteiger partial charge is 0.266 e. The van der Waals surface area contributed by atoms with Gasteiger partial charge in [-0.25, -0.2) is 4.90 Å². The molecule has 0 atom stereocenters. The number of fused-ring (bicyclic) bond motifs is 1. The Kier molecular flexibility index (Phi) is 2.54. The van der Waals surface area contributed by atoms with E-state index in [1.807, 2.05) is 0 Å². The fourth-order valence-electron chi connectivity index (χ4n) is 2.09. The average molecular weight is 274 g/mol. The van der Waals surface area contributed by atoms with E-state index in [9.17, 15) is 14.7 Å². The lowest BCUT2D eigenvalue weighted by Crippen LogP contribution is -2.29. The predicted molar refractivity (Wildman–Crippen MR) is 70.7 cm³/mol. The van der Waals surface area contributed by atoms with Gasteiger partial charge < -0.3 is 5.11 Å². The highest BCUT2D eigenvalue weighted by Crippen LogP contribution is 2.38. The molecule has 1 heterocycles. The van der Waals surface area contributed by atoms with Gasteiger partial charge in [-0.3, -0.25) is 9.59 Å². The zero-order valence-electron chi connectivity index (χ0n) is 9.63. The number of anilines is 1. The summed E-state index contributed by atoms with van der Waals surface area (Å²) >= 11 is 5.80. The Bertz CT molecular complexity index is 677. The molecule has 5 heteroatoms. The van der Waals surface area contributed by atoms with Crippen LogP contribution in [0.25, 0.3) is 0 Å². The fraction of sp³-hybridized carbons (Fsp3) is 0. The van der Waals surface area contributed by atoms with Crippen molar-refractivity contribution >= 4 is 29.1 Å². The van der Waals surface area contributed by atoms with E-state index >= 15 is 0 Å². The topological polar surface area (TPSA) is 57.6 Å². The molecule has 0 spiro atoms. The van der Waals surface area contributed by atoms with Crippen molar-refractivity contribution in [1.29, 1.82) is 0 Å². The first-order valence-corrected chi connectivity index (χ1v) is 5.94. The summed E-state index contributed by atoms with van der Waals surface area (Å²) in [7, 11) is 0. The number of halogens is 1. The highest BCUT2D eigenvalue weighted by atomic mass is 35.5. The molecule has 4 nitrogen and oxygen atoms in total. The number of aromatic hydroxyl groups is 1. The van der Waals surface area contributed by atoms with Gasteiger partial charge in [0.25, 0.3) is 11.8 Å². The van der Waals surface area contributed by atoms with Crippen molar-refractivity contribution in [3.63, 3.8) is 0 Å². The van der Waals surface area contributed by atoms with Crippen LogP contribution in [0, 0.1) is 0 Å². The fourth-order valence-corrected chi connectivity index (χ4v) is 2.26. The van der Waals surface area contributed by atoms with Gasteiger partial charge >= 0.3 is 0 Å². The van der Waals surface area contributed by atoms with Gasteiger partial charge in [-0.1, -0.05) is 29.8 Å². The monoisotopic (exact) mass is 273 g/mol. The average Bonchev–Trinajstić information content (AvgIpc) is 2.67. The van der Waals surface area contributed by atoms with Gasteiger partial charge in [0.2, 0.25) is 0 Å². The number of nitrogens with zero attached hydrogens (tertiary/aromatic N) is 1. The zero-order chi connectivity index (χ0) is 13.6. The summed E-state index contributed by atoms with van der Waals surface area (Å²) in [6.45, 7) is 0. The summed E-state index contributed by atoms with van der Waals surface area (Å²) in [5, 5.41) is 9.99. The summed E-state index contributed by atoms with van der Waals surface area (Å²) in [6.07, 6.45) is 0. The summed E-state index contributed by atoms with van der Waals surface area (Å²) in [6, 6.07) is 11.1. The molecular weight excluding hydrogens is 266 g/mol. The van der Waals surface area contributed by atoms with Crippen LogP contribution in [0.2, 0.25) is 5.02 Å². The summed E-state index contributed by atoms with van der Waals surface area (Å²) in [5.74, 6) is -1.20. The predicted octanol–water partition coefficient (Wildman–Crippen LogP) is 2.85. The van der Waals surface area contributed by atoms with Crippen LogP contribution < -0.4 is 4.90 Å². The van der Waals surface area contributed by atoms with Crippen molar-refractivity contribution in [3.05, 3.63) is 58.6 Å². The Labute approximate surface area is 113 Å². The highest BCUT2D eigenvalue weighted by Gasteiger charge is 2.37. The summed E-state index contributed by atoms with van der Waals surface area (Å²) in [4.78, 5) is 25.4. The zero-order valence-corrected chi connectivity index (χ0v) is 10.4. The molecule has 19 heavy (non-hydrogen) atoms. The lowest BCUT2D eigenvalue weighted by atomic mass is 10.1. The number of carbonyl (C=O) groups is 2. The van der Waals surface area contributed by atoms with Gasteiger partial charge in [-0.15, -0.1) is 0 Å². The van der Waals surface area contributed by atoms with Gasteiger partial charge in [-0.2, -0.15) is 0 Å². The standard InChI is InChI=1S/C14H8ClNO3/c15-10-6-3-7-11(12(10)17)16-13(18)8-4-1-2-5-9(8)14(16)19/h1-7,17H. The van der Waals surface area contributed by atoms with Crippen LogP contribution in [0.5, 0.6) is 5.75 Å². The molecule has 2 amide bonds. The minimum atomic E-state index is -0.460. The van der Waals surface area contributed by atoms with Crippen LogP contribution >= 0.6 is 11.6 Å². The van der Waals surface area contributed by atoms with Crippen LogP contribution in [-0.4, -0.2) is 16.9 Å². The van der Waals surface area contributed by atoms with Crippen molar-refractivity contribution < 1.29 is 14.7 Å². The lowest BCUT2D eigenvalue weighted by Gasteiger charge is -2.15. The van der Waals surface area contributed by atoms with E-state index < -0.39 is 11.8 Å². The van der Waals surface area contributed by atoms with Crippen molar-refractivity contribution in [1.82, 2.24) is 0 Å². The number of para-hydroxylation sites is 1. The molecule has 0 fully saturated rings. The number of carbonyl (C=O) groups excluding carboxylic acids is 2. The second-order valence-electron chi connectivity index (χ2n) is 4.10. The van der Waals surface area contributed by atoms with Crippen LogP contribution in [0.1, 0.15) is 20.7 Å². The minimum absolute atomic E-state index is 0.0917. The number of benzene rings is 2. The highest BCUT2D eigenvalue weighted by molar-refractivity contribution is 6.36. The Morgan fingerprint density at radius 3 is 2.05 bits per heavy atom. The van der Waals surface area contributed by atoms with Crippen molar-refractivity contribution in [2.45, 2.75) is 0 Å². The lowest BCUT2D eigenvalue weighted by molar-refractivity contribution is 0.0925. The Balaban J connectivity index is 2.17. The van der Waals surface area contributed by atoms with E-state index in [4.69, 9.17) is 11.6 Å². The van der Waals surface area contributed by atoms with Crippen LogP contribution in [0.3, 0.4) is 0 Å². The molecule has 0 bridgehead atoms. The molecule has 1 aliphatic rings. The number of rotatable bonds is 1. The maximum absolute atomic E-state index is 12.2. The van der Waals surface area contributed by atoms with Gasteiger partial charge in [0.15, 0.2) is 5.75 Å². The van der Waals surface area contributed by atoms with Gasteiger partial charge in [0, 0.05) is 0 Å². The van der Waals surface area contributed by atoms with E-state index in [2.05, 4.69) is 0 Å². The third-order valence-electron chi connectivity index (χ3n) is 3.00. The number of hydrogen-bond donors (Lipinski definition) is 1. The number of phenolic OH excluding ortho intramolecular Hbond substituents is 1. The number of phenols is 1. The summed E-state index contributed by atoms with van der Waals surface area (Å²) < 4.78 is 0. The first-order chi connectivity index (χ1) is 9.11. The Morgan fingerprint density at radius 2 is 1.47 bits per heavy atom. The first kappa shape index (κ1) is 11.7. The van der Waals surface area contributed by atoms with Gasteiger partial charge in [-0.05, 0) is 24.3 Å². The molecule has 94 valence electrons. The Morgan fingerprint density at radius 1 is 0.895 bits per heavy atom. The minimum Gasteiger partial charge on any atom is -0.504 e. The number of amides is 2. The van der Waals surface area contributed by atoms with Crippen LogP contribution in [0.15, 0.2) is 42.5 Å². The van der Waals surface area contributed by atoms with E-state index in [0.717, 1.165) is 4.90 Å². The second kappa shape index (κ2) is 4.10. The molecule has 0 aliphatic carbocycles. The normalized spacial score (nSPS) is 13.8. The Hall–Kier alpha value is -2.33. The molecule has 1 aliphatic heterocycles. The number of imide groups is 1. The quantitative estimate of drug-likeness (QED) is 0.813. The summed E-state index contributed by atoms with van der Waals surface area (Å²) in [5.41, 5.74) is 0.748. The largest absolute Gasteiger partial charge is 0.504 e. The SMILES string of the molecule is O=C1c2ccccc2C(=O)N1c1cccc(Cl)c1O. The van der Waals surface area contributed by atoms with Gasteiger partial charge in [0.1, 0.15) is 0 Å². The molecule has 2 aromatic rings. The van der Waals surface area contributed by atoms with Crippen molar-refractivity contribution in [3.8, 4) is 5.75 Å². The maximum Gasteiger partial charge on any atom is 0.266 e. The van der Waals surface area contributed by atoms with Gasteiger partial charge in [0.05, 0.1) is 21.8 Å². The maximum atomic E-state index is 12.2. The van der Waals surface area contributed by atoms with Crippen molar-refractivity contribution in [2.24, 2.45) is 0 Å². The van der Waals surface area contributed by atoms with Crippen molar-refractivity contribution in [2.75, 3.05) is 4.90 Å². The third kappa shape index (κ3) is 1.61. The molecule has 0 saturated heterocycles.